The van der Waals surface area contributed by atoms with Gasteiger partial charge >= 0.3 is 0 Å². The molecule has 0 amide bonds. The maximum atomic E-state index is 5.79. The zero-order valence-electron chi connectivity index (χ0n) is 12.2. The Kier molecular flexibility index (Phi) is 4.65. The van der Waals surface area contributed by atoms with Gasteiger partial charge in [-0.25, -0.2) is 5.43 Å². The Balaban J connectivity index is 2.56. The number of hydrogen-bond acceptors (Lipinski definition) is 5. The van der Waals surface area contributed by atoms with Crippen molar-refractivity contribution in [3.63, 3.8) is 0 Å². The third-order valence-electron chi connectivity index (χ3n) is 3.39. The molecule has 0 bridgehead atoms. The maximum absolute atomic E-state index is 5.79. The van der Waals surface area contributed by atoms with Gasteiger partial charge in [0.25, 0.3) is 0 Å². The number of hydrogen-bond donors (Lipinski definition) is 2. The van der Waals surface area contributed by atoms with Crippen molar-refractivity contribution in [2.45, 2.75) is 19.9 Å². The maximum Gasteiger partial charge on any atom is 0.127 e. The lowest BCUT2D eigenvalue weighted by molar-refractivity contribution is 0.377. The summed E-state index contributed by atoms with van der Waals surface area (Å²) in [5.74, 6) is 7.31. The Morgan fingerprint density at radius 2 is 1.75 bits per heavy atom. The predicted octanol–water partition coefficient (Wildman–Crippen LogP) is 2.93. The fourth-order valence-corrected chi connectivity index (χ4v) is 3.33. The summed E-state index contributed by atoms with van der Waals surface area (Å²) in [5, 5.41) is 0. The van der Waals surface area contributed by atoms with Crippen LogP contribution in [0.25, 0.3) is 0 Å². The van der Waals surface area contributed by atoms with Gasteiger partial charge < -0.3 is 9.47 Å². The number of aryl methyl sites for hydroxylation is 2. The number of hydrazine groups is 1. The van der Waals surface area contributed by atoms with E-state index in [9.17, 15) is 0 Å². The van der Waals surface area contributed by atoms with Crippen molar-refractivity contribution in [2.24, 2.45) is 5.84 Å². The van der Waals surface area contributed by atoms with Crippen molar-refractivity contribution < 1.29 is 9.47 Å². The van der Waals surface area contributed by atoms with Gasteiger partial charge in [-0.1, -0.05) is 6.07 Å². The second-order valence-electron chi connectivity index (χ2n) is 4.56. The lowest BCUT2D eigenvalue weighted by atomic mass is 10.0. The van der Waals surface area contributed by atoms with Crippen LogP contribution in [0, 0.1) is 13.8 Å². The van der Waals surface area contributed by atoms with E-state index >= 15 is 0 Å². The Hall–Kier alpha value is -1.56. The van der Waals surface area contributed by atoms with Gasteiger partial charge in [0.1, 0.15) is 11.5 Å². The first-order valence-corrected chi connectivity index (χ1v) is 7.18. The van der Waals surface area contributed by atoms with Crippen LogP contribution in [-0.2, 0) is 0 Å². The molecule has 1 aromatic heterocycles. The molecule has 0 aliphatic carbocycles. The highest BCUT2D eigenvalue weighted by molar-refractivity contribution is 7.12. The zero-order chi connectivity index (χ0) is 14.7. The van der Waals surface area contributed by atoms with Crippen LogP contribution in [0.5, 0.6) is 11.5 Å². The molecule has 0 saturated carbocycles. The SMILES string of the molecule is COc1cccc(OC)c1C(NN)c1cc(C)c(C)s1. The average molecular weight is 292 g/mol. The fourth-order valence-electron chi connectivity index (χ4n) is 2.22. The molecule has 0 spiro atoms. The number of nitrogens with two attached hydrogens (primary N) is 1. The molecule has 1 atom stereocenters. The number of thiophene rings is 1. The van der Waals surface area contributed by atoms with Crippen molar-refractivity contribution in [3.05, 3.63) is 45.1 Å². The van der Waals surface area contributed by atoms with Gasteiger partial charge in [-0.3, -0.25) is 5.84 Å². The molecule has 4 nitrogen and oxygen atoms in total. The minimum atomic E-state index is -0.154. The van der Waals surface area contributed by atoms with Crippen molar-refractivity contribution in [1.82, 2.24) is 5.43 Å². The minimum absolute atomic E-state index is 0.154. The summed E-state index contributed by atoms with van der Waals surface area (Å²) < 4.78 is 10.9. The van der Waals surface area contributed by atoms with E-state index in [1.54, 1.807) is 25.6 Å². The van der Waals surface area contributed by atoms with Gasteiger partial charge in [0.05, 0.1) is 25.8 Å². The first-order valence-electron chi connectivity index (χ1n) is 6.36. The lowest BCUT2D eigenvalue weighted by Gasteiger charge is -2.20. The van der Waals surface area contributed by atoms with E-state index in [1.807, 2.05) is 18.2 Å². The van der Waals surface area contributed by atoms with Crippen LogP contribution in [-0.4, -0.2) is 14.2 Å². The van der Waals surface area contributed by atoms with E-state index in [1.165, 1.54) is 10.4 Å². The zero-order valence-corrected chi connectivity index (χ0v) is 13.0. The highest BCUT2D eigenvalue weighted by atomic mass is 32.1. The van der Waals surface area contributed by atoms with Gasteiger partial charge in [0.2, 0.25) is 0 Å². The predicted molar refractivity (Wildman–Crippen MR) is 82.5 cm³/mol. The molecule has 0 saturated heterocycles. The minimum Gasteiger partial charge on any atom is -0.496 e. The molecular weight excluding hydrogens is 272 g/mol. The van der Waals surface area contributed by atoms with Crippen LogP contribution in [0.4, 0.5) is 0 Å². The summed E-state index contributed by atoms with van der Waals surface area (Å²) in [7, 11) is 3.30. The van der Waals surface area contributed by atoms with E-state index in [0.717, 1.165) is 21.9 Å². The third-order valence-corrected chi connectivity index (χ3v) is 4.61. The molecule has 0 radical (unpaired) electrons. The molecule has 0 fully saturated rings. The van der Waals surface area contributed by atoms with Crippen molar-refractivity contribution in [2.75, 3.05) is 14.2 Å². The van der Waals surface area contributed by atoms with Crippen LogP contribution in [0.15, 0.2) is 24.3 Å². The summed E-state index contributed by atoms with van der Waals surface area (Å²) in [6.45, 7) is 4.21. The van der Waals surface area contributed by atoms with Gasteiger partial charge in [-0.2, -0.15) is 0 Å². The number of rotatable bonds is 5. The largest absolute Gasteiger partial charge is 0.496 e. The van der Waals surface area contributed by atoms with Crippen LogP contribution in [0.1, 0.15) is 26.9 Å². The van der Waals surface area contributed by atoms with E-state index in [2.05, 4.69) is 25.3 Å². The lowest BCUT2D eigenvalue weighted by Crippen LogP contribution is -2.29. The molecule has 1 unspecified atom stereocenters. The molecule has 3 N–H and O–H groups in total. The van der Waals surface area contributed by atoms with Gasteiger partial charge in [-0.15, -0.1) is 11.3 Å². The number of methoxy groups -OCH3 is 2. The highest BCUT2D eigenvalue weighted by Gasteiger charge is 2.23. The molecule has 0 aliphatic rings. The standard InChI is InChI=1S/C15H20N2O2S/c1-9-8-13(20-10(9)2)15(17-16)14-11(18-3)6-5-7-12(14)19-4/h5-8,15,17H,16H2,1-4H3. The van der Waals surface area contributed by atoms with Crippen LogP contribution < -0.4 is 20.7 Å². The molecule has 108 valence electrons. The second-order valence-corrected chi connectivity index (χ2v) is 5.85. The van der Waals surface area contributed by atoms with Crippen LogP contribution in [0.2, 0.25) is 0 Å². The van der Waals surface area contributed by atoms with E-state index in [4.69, 9.17) is 15.3 Å². The molecule has 20 heavy (non-hydrogen) atoms. The number of benzene rings is 1. The molecule has 0 aliphatic heterocycles. The first-order chi connectivity index (χ1) is 9.62. The highest BCUT2D eigenvalue weighted by Crippen LogP contribution is 2.39. The molecular formula is C15H20N2O2S. The first kappa shape index (κ1) is 14.8. The fraction of sp³-hybridized carbons (Fsp3) is 0.333. The molecule has 1 heterocycles. The topological polar surface area (TPSA) is 56.5 Å². The Morgan fingerprint density at radius 3 is 2.15 bits per heavy atom. The Bertz CT molecular complexity index is 554. The third kappa shape index (κ3) is 2.65. The Labute approximate surface area is 123 Å². The quantitative estimate of drug-likeness (QED) is 0.657. The van der Waals surface area contributed by atoms with Gasteiger partial charge in [0, 0.05) is 9.75 Å². The molecule has 2 aromatic rings. The van der Waals surface area contributed by atoms with Crippen molar-refractivity contribution in [1.29, 1.82) is 0 Å². The van der Waals surface area contributed by atoms with E-state index in [0.29, 0.717) is 0 Å². The van der Waals surface area contributed by atoms with Crippen molar-refractivity contribution >= 4 is 11.3 Å². The summed E-state index contributed by atoms with van der Waals surface area (Å²) in [4.78, 5) is 2.43. The van der Waals surface area contributed by atoms with E-state index in [-0.39, 0.29) is 6.04 Å². The Morgan fingerprint density at radius 1 is 1.15 bits per heavy atom. The second kappa shape index (κ2) is 6.26. The normalized spacial score (nSPS) is 12.2. The molecule has 1 aromatic carbocycles. The molecule has 5 heteroatoms. The summed E-state index contributed by atoms with van der Waals surface area (Å²) in [6.07, 6.45) is 0. The average Bonchev–Trinajstić information content (AvgIpc) is 2.79. The summed E-state index contributed by atoms with van der Waals surface area (Å²) in [5.41, 5.74) is 5.06. The van der Waals surface area contributed by atoms with E-state index < -0.39 is 0 Å². The van der Waals surface area contributed by atoms with Crippen molar-refractivity contribution in [3.8, 4) is 11.5 Å². The number of ether oxygens (including phenoxy) is 2. The summed E-state index contributed by atoms with van der Waals surface area (Å²) >= 11 is 1.73. The summed E-state index contributed by atoms with van der Waals surface area (Å²) in [6, 6.07) is 7.72. The van der Waals surface area contributed by atoms with Gasteiger partial charge in [-0.05, 0) is 37.6 Å². The van der Waals surface area contributed by atoms with Crippen LogP contribution >= 0.6 is 11.3 Å². The monoisotopic (exact) mass is 292 g/mol. The smallest absolute Gasteiger partial charge is 0.127 e. The molecule has 2 rings (SSSR count). The van der Waals surface area contributed by atoms with Gasteiger partial charge in [0.15, 0.2) is 0 Å². The number of nitrogens with one attached hydrogen (secondary N) is 1. The van der Waals surface area contributed by atoms with Crippen LogP contribution in [0.3, 0.4) is 0 Å².